The van der Waals surface area contributed by atoms with Crippen molar-refractivity contribution in [1.82, 2.24) is 5.32 Å². The van der Waals surface area contributed by atoms with Gasteiger partial charge in [-0.15, -0.1) is 0 Å². The van der Waals surface area contributed by atoms with Gasteiger partial charge in [0.1, 0.15) is 0 Å². The van der Waals surface area contributed by atoms with Gasteiger partial charge in [-0.2, -0.15) is 0 Å². The minimum atomic E-state index is -1.08. The van der Waals surface area contributed by atoms with Crippen LogP contribution in [0.1, 0.15) is 30.1 Å². The van der Waals surface area contributed by atoms with E-state index in [0.29, 0.717) is 36.9 Å². The van der Waals surface area contributed by atoms with Gasteiger partial charge in [0.2, 0.25) is 0 Å². The highest BCUT2D eigenvalue weighted by molar-refractivity contribution is 5.95. The van der Waals surface area contributed by atoms with Crippen molar-refractivity contribution in [1.29, 1.82) is 0 Å². The second-order valence-corrected chi connectivity index (χ2v) is 5.14. The largest absolute Gasteiger partial charge is 0.490 e. The van der Waals surface area contributed by atoms with Crippen LogP contribution in [0, 0.1) is 0 Å². The highest BCUT2D eigenvalue weighted by Gasteiger charge is 2.18. The number of hydrogen-bond donors (Lipinski definition) is 2. The van der Waals surface area contributed by atoms with Crippen LogP contribution in [0.15, 0.2) is 18.2 Å². The molecule has 1 amide bonds. The number of ether oxygens (including phenoxy) is 3. The molecule has 1 fully saturated rings. The third-order valence-corrected chi connectivity index (χ3v) is 3.41. The van der Waals surface area contributed by atoms with Gasteiger partial charge in [-0.3, -0.25) is 4.79 Å². The third-order valence-electron chi connectivity index (χ3n) is 3.41. The van der Waals surface area contributed by atoms with Gasteiger partial charge in [0, 0.05) is 24.8 Å². The van der Waals surface area contributed by atoms with Gasteiger partial charge in [0.05, 0.1) is 6.61 Å². The van der Waals surface area contributed by atoms with E-state index in [2.05, 4.69) is 5.32 Å². The molecular weight excluding hydrogens is 302 g/mol. The molecule has 2 rings (SSSR count). The van der Waals surface area contributed by atoms with Gasteiger partial charge >= 0.3 is 5.97 Å². The van der Waals surface area contributed by atoms with Crippen LogP contribution in [0.4, 0.5) is 0 Å². The molecule has 0 radical (unpaired) electrons. The summed E-state index contributed by atoms with van der Waals surface area (Å²) in [5.41, 5.74) is 0.447. The van der Waals surface area contributed by atoms with Gasteiger partial charge in [0.15, 0.2) is 18.1 Å². The molecule has 0 aliphatic carbocycles. The van der Waals surface area contributed by atoms with E-state index >= 15 is 0 Å². The van der Waals surface area contributed by atoms with Crippen LogP contribution in [0.25, 0.3) is 0 Å². The molecule has 0 saturated carbocycles. The number of carbonyl (C=O) groups excluding carboxylic acids is 1. The molecule has 0 spiro atoms. The first-order valence-electron chi connectivity index (χ1n) is 7.60. The second kappa shape index (κ2) is 8.38. The second-order valence-electron chi connectivity index (χ2n) is 5.14. The Morgan fingerprint density at radius 2 is 2.00 bits per heavy atom. The smallest absolute Gasteiger partial charge is 0.341 e. The number of rotatable bonds is 7. The summed E-state index contributed by atoms with van der Waals surface area (Å²) in [4.78, 5) is 22.9. The lowest BCUT2D eigenvalue weighted by molar-refractivity contribution is -0.139. The van der Waals surface area contributed by atoms with E-state index in [9.17, 15) is 9.59 Å². The van der Waals surface area contributed by atoms with Crippen LogP contribution in [-0.2, 0) is 9.53 Å². The fourth-order valence-corrected chi connectivity index (χ4v) is 2.29. The number of benzene rings is 1. The third kappa shape index (κ3) is 5.14. The molecular formula is C16H21NO6. The Morgan fingerprint density at radius 1 is 1.26 bits per heavy atom. The van der Waals surface area contributed by atoms with Crippen molar-refractivity contribution in [3.05, 3.63) is 23.8 Å². The normalized spacial score (nSPS) is 15.0. The van der Waals surface area contributed by atoms with Gasteiger partial charge in [-0.1, -0.05) is 0 Å². The van der Waals surface area contributed by atoms with E-state index in [0.717, 1.165) is 12.8 Å². The van der Waals surface area contributed by atoms with Gasteiger partial charge in [-0.25, -0.2) is 4.79 Å². The summed E-state index contributed by atoms with van der Waals surface area (Å²) >= 11 is 0. The lowest BCUT2D eigenvalue weighted by Crippen LogP contribution is -2.38. The summed E-state index contributed by atoms with van der Waals surface area (Å²) in [6, 6.07) is 4.81. The minimum Gasteiger partial charge on any atom is -0.490 e. The molecule has 1 heterocycles. The molecule has 126 valence electrons. The zero-order chi connectivity index (χ0) is 16.7. The lowest BCUT2D eigenvalue weighted by atomic mass is 10.1. The highest BCUT2D eigenvalue weighted by atomic mass is 16.5. The predicted molar refractivity (Wildman–Crippen MR) is 82.0 cm³/mol. The quantitative estimate of drug-likeness (QED) is 0.789. The molecule has 7 heteroatoms. The van der Waals surface area contributed by atoms with Crippen LogP contribution in [0.3, 0.4) is 0 Å². The number of hydrogen-bond acceptors (Lipinski definition) is 5. The monoisotopic (exact) mass is 323 g/mol. The van der Waals surface area contributed by atoms with Gasteiger partial charge < -0.3 is 24.6 Å². The topological polar surface area (TPSA) is 94.1 Å². The lowest BCUT2D eigenvalue weighted by Gasteiger charge is -2.23. The van der Waals surface area contributed by atoms with Crippen molar-refractivity contribution >= 4 is 11.9 Å². The minimum absolute atomic E-state index is 0.106. The van der Waals surface area contributed by atoms with Crippen LogP contribution >= 0.6 is 0 Å². The molecule has 0 atom stereocenters. The molecule has 0 aromatic heterocycles. The highest BCUT2D eigenvalue weighted by Crippen LogP contribution is 2.28. The van der Waals surface area contributed by atoms with Crippen LogP contribution in [-0.4, -0.2) is 49.5 Å². The van der Waals surface area contributed by atoms with E-state index in [1.807, 2.05) is 0 Å². The number of carbonyl (C=O) groups is 2. The molecule has 1 saturated heterocycles. The molecule has 2 N–H and O–H groups in total. The Bertz CT molecular complexity index is 554. The molecule has 0 unspecified atom stereocenters. The predicted octanol–water partition coefficient (Wildman–Crippen LogP) is 1.46. The van der Waals surface area contributed by atoms with Crippen molar-refractivity contribution in [2.24, 2.45) is 0 Å². The maximum atomic E-state index is 12.3. The van der Waals surface area contributed by atoms with Gasteiger partial charge in [-0.05, 0) is 38.0 Å². The average molecular weight is 323 g/mol. The van der Waals surface area contributed by atoms with Crippen molar-refractivity contribution in [2.45, 2.75) is 25.8 Å². The van der Waals surface area contributed by atoms with E-state index in [1.54, 1.807) is 25.1 Å². The summed E-state index contributed by atoms with van der Waals surface area (Å²) in [5, 5.41) is 11.6. The molecule has 1 aliphatic rings. The first-order valence-corrected chi connectivity index (χ1v) is 7.60. The molecule has 1 aliphatic heterocycles. The fourth-order valence-electron chi connectivity index (χ4n) is 2.29. The number of nitrogens with one attached hydrogen (secondary N) is 1. The van der Waals surface area contributed by atoms with E-state index in [1.165, 1.54) is 0 Å². The molecule has 0 bridgehead atoms. The van der Waals surface area contributed by atoms with E-state index in [-0.39, 0.29) is 11.9 Å². The summed E-state index contributed by atoms with van der Waals surface area (Å²) in [7, 11) is 0. The number of aliphatic carboxylic acids is 1. The Kier molecular flexibility index (Phi) is 6.22. The van der Waals surface area contributed by atoms with E-state index < -0.39 is 12.6 Å². The number of carboxylic acids is 1. The molecule has 1 aromatic carbocycles. The fraction of sp³-hybridized carbons (Fsp3) is 0.500. The van der Waals surface area contributed by atoms with E-state index in [4.69, 9.17) is 19.3 Å². The summed E-state index contributed by atoms with van der Waals surface area (Å²) in [6.07, 6.45) is 1.59. The maximum Gasteiger partial charge on any atom is 0.341 e. The Balaban J connectivity index is 2.07. The maximum absolute atomic E-state index is 12.3. The van der Waals surface area contributed by atoms with Crippen molar-refractivity contribution in [3.63, 3.8) is 0 Å². The summed E-state index contributed by atoms with van der Waals surface area (Å²) in [5.74, 6) is -0.610. The number of carboxylic acid groups (broad SMARTS) is 1. The Labute approximate surface area is 134 Å². The standard InChI is InChI=1S/C16H21NO6/c1-2-22-14-9-11(3-4-13(14)23-10-15(18)19)16(20)17-12-5-7-21-8-6-12/h3-4,9,12H,2,5-8,10H2,1H3,(H,17,20)(H,18,19). The zero-order valence-corrected chi connectivity index (χ0v) is 13.0. The summed E-state index contributed by atoms with van der Waals surface area (Å²) in [6.45, 7) is 3.02. The first kappa shape index (κ1) is 17.1. The van der Waals surface area contributed by atoms with Crippen LogP contribution in [0.2, 0.25) is 0 Å². The van der Waals surface area contributed by atoms with Crippen molar-refractivity contribution in [3.8, 4) is 11.5 Å². The first-order chi connectivity index (χ1) is 11.1. The summed E-state index contributed by atoms with van der Waals surface area (Å²) < 4.78 is 15.9. The molecule has 1 aromatic rings. The SMILES string of the molecule is CCOc1cc(C(=O)NC2CCOCC2)ccc1OCC(=O)O. The molecule has 23 heavy (non-hydrogen) atoms. The van der Waals surface area contributed by atoms with Crippen molar-refractivity contribution < 1.29 is 28.9 Å². The van der Waals surface area contributed by atoms with Crippen molar-refractivity contribution in [2.75, 3.05) is 26.4 Å². The average Bonchev–Trinajstić information content (AvgIpc) is 2.54. The van der Waals surface area contributed by atoms with Gasteiger partial charge in [0.25, 0.3) is 5.91 Å². The molecule has 7 nitrogen and oxygen atoms in total. The van der Waals surface area contributed by atoms with Crippen LogP contribution in [0.5, 0.6) is 11.5 Å². The van der Waals surface area contributed by atoms with Crippen LogP contribution < -0.4 is 14.8 Å². The zero-order valence-electron chi connectivity index (χ0n) is 13.0. The Hall–Kier alpha value is -2.28. The Morgan fingerprint density at radius 3 is 2.65 bits per heavy atom. The number of amides is 1.